The first-order valence-corrected chi connectivity index (χ1v) is 8.73. The quantitative estimate of drug-likeness (QED) is 0.785. The Morgan fingerprint density at radius 2 is 2.20 bits per heavy atom. The molecule has 138 valence electrons. The SMILES string of the molecule is COCCN1CC[C@@]2(CCC1=O)CN(C(=O)c1ccon1)CCN2C. The summed E-state index contributed by atoms with van der Waals surface area (Å²) in [6.07, 6.45) is 3.52. The van der Waals surface area contributed by atoms with Crippen LogP contribution in [0.15, 0.2) is 16.9 Å². The van der Waals surface area contributed by atoms with Crippen LogP contribution in [0.1, 0.15) is 29.8 Å². The van der Waals surface area contributed by atoms with Crippen molar-refractivity contribution in [1.29, 1.82) is 0 Å². The minimum atomic E-state index is -0.172. The van der Waals surface area contributed by atoms with E-state index in [0.717, 1.165) is 19.4 Å². The summed E-state index contributed by atoms with van der Waals surface area (Å²) in [6.45, 7) is 3.92. The van der Waals surface area contributed by atoms with Crippen molar-refractivity contribution in [2.45, 2.75) is 24.8 Å². The lowest BCUT2D eigenvalue weighted by atomic mass is 9.86. The molecule has 3 rings (SSSR count). The number of methoxy groups -OCH3 is 1. The number of likely N-dealkylation sites (N-methyl/N-ethyl adjacent to an activating group) is 1. The molecule has 0 aromatic carbocycles. The first-order valence-electron chi connectivity index (χ1n) is 8.73. The highest BCUT2D eigenvalue weighted by Crippen LogP contribution is 2.32. The molecule has 0 N–H and O–H groups in total. The van der Waals surface area contributed by atoms with Crippen LogP contribution in [-0.4, -0.2) is 90.7 Å². The summed E-state index contributed by atoms with van der Waals surface area (Å²) in [5.74, 6) is 0.0651. The van der Waals surface area contributed by atoms with E-state index in [9.17, 15) is 9.59 Å². The number of amides is 2. The molecular weight excluding hydrogens is 324 g/mol. The normalized spacial score (nSPS) is 25.4. The maximum atomic E-state index is 12.6. The van der Waals surface area contributed by atoms with Crippen LogP contribution < -0.4 is 0 Å². The topological polar surface area (TPSA) is 79.1 Å². The van der Waals surface area contributed by atoms with Gasteiger partial charge >= 0.3 is 0 Å². The summed E-state index contributed by atoms with van der Waals surface area (Å²) in [7, 11) is 3.74. The summed E-state index contributed by atoms with van der Waals surface area (Å²) in [5, 5.41) is 3.76. The van der Waals surface area contributed by atoms with Crippen molar-refractivity contribution >= 4 is 11.8 Å². The summed E-state index contributed by atoms with van der Waals surface area (Å²) >= 11 is 0. The summed E-state index contributed by atoms with van der Waals surface area (Å²) in [6, 6.07) is 1.59. The van der Waals surface area contributed by atoms with Gasteiger partial charge in [-0.15, -0.1) is 0 Å². The highest BCUT2D eigenvalue weighted by atomic mass is 16.5. The van der Waals surface area contributed by atoms with E-state index in [4.69, 9.17) is 9.26 Å². The van der Waals surface area contributed by atoms with Crippen molar-refractivity contribution < 1.29 is 18.8 Å². The fourth-order valence-corrected chi connectivity index (χ4v) is 3.79. The number of rotatable bonds is 4. The third kappa shape index (κ3) is 3.69. The molecule has 0 bridgehead atoms. The van der Waals surface area contributed by atoms with Crippen LogP contribution >= 0.6 is 0 Å². The van der Waals surface area contributed by atoms with Crippen LogP contribution in [0.4, 0.5) is 0 Å². The number of likely N-dealkylation sites (tertiary alicyclic amines) is 1. The Kier molecular flexibility index (Phi) is 5.39. The lowest BCUT2D eigenvalue weighted by Gasteiger charge is -2.49. The largest absolute Gasteiger partial charge is 0.383 e. The van der Waals surface area contributed by atoms with Gasteiger partial charge in [-0.3, -0.25) is 14.5 Å². The molecule has 1 spiro atoms. The van der Waals surface area contributed by atoms with Gasteiger partial charge in [0, 0.05) is 57.9 Å². The molecule has 2 fully saturated rings. The Morgan fingerprint density at radius 3 is 2.92 bits per heavy atom. The van der Waals surface area contributed by atoms with E-state index < -0.39 is 0 Å². The summed E-state index contributed by atoms with van der Waals surface area (Å²) in [4.78, 5) is 31.1. The van der Waals surface area contributed by atoms with Gasteiger partial charge in [0.2, 0.25) is 5.91 Å². The minimum Gasteiger partial charge on any atom is -0.383 e. The third-order valence-electron chi connectivity index (χ3n) is 5.51. The number of nitrogens with zero attached hydrogens (tertiary/aromatic N) is 4. The van der Waals surface area contributed by atoms with Gasteiger partial charge in [0.25, 0.3) is 5.91 Å². The Hall–Kier alpha value is -1.93. The van der Waals surface area contributed by atoms with Crippen LogP contribution in [0.2, 0.25) is 0 Å². The molecule has 2 aliphatic heterocycles. The van der Waals surface area contributed by atoms with Crippen molar-refractivity contribution in [3.8, 4) is 0 Å². The van der Waals surface area contributed by atoms with Crippen molar-refractivity contribution in [2.75, 3.05) is 53.5 Å². The van der Waals surface area contributed by atoms with Crippen molar-refractivity contribution in [2.24, 2.45) is 0 Å². The second-order valence-corrected chi connectivity index (χ2v) is 6.88. The zero-order valence-corrected chi connectivity index (χ0v) is 14.9. The lowest BCUT2D eigenvalue weighted by Crippen LogP contribution is -2.62. The van der Waals surface area contributed by atoms with Gasteiger partial charge in [-0.25, -0.2) is 0 Å². The Labute approximate surface area is 147 Å². The Balaban J connectivity index is 1.72. The molecular formula is C17H26N4O4. The molecule has 1 aromatic heterocycles. The molecule has 0 radical (unpaired) electrons. The molecule has 0 unspecified atom stereocenters. The molecule has 0 aliphatic carbocycles. The Morgan fingerprint density at radius 1 is 1.36 bits per heavy atom. The van der Waals surface area contributed by atoms with Gasteiger partial charge in [0.05, 0.1) is 6.61 Å². The van der Waals surface area contributed by atoms with E-state index in [1.54, 1.807) is 13.2 Å². The van der Waals surface area contributed by atoms with Crippen LogP contribution in [0, 0.1) is 0 Å². The zero-order valence-electron chi connectivity index (χ0n) is 14.9. The van der Waals surface area contributed by atoms with E-state index in [-0.39, 0.29) is 17.4 Å². The second kappa shape index (κ2) is 7.53. The predicted octanol–water partition coefficient (Wildman–Crippen LogP) is 0.460. The van der Waals surface area contributed by atoms with Gasteiger partial charge in [-0.1, -0.05) is 5.16 Å². The number of ether oxygens (including phenoxy) is 1. The minimum absolute atomic E-state index is 0.104. The summed E-state index contributed by atoms with van der Waals surface area (Å²) in [5.41, 5.74) is 0.168. The predicted molar refractivity (Wildman–Crippen MR) is 90.1 cm³/mol. The van der Waals surface area contributed by atoms with Crippen LogP contribution in [0.3, 0.4) is 0 Å². The maximum absolute atomic E-state index is 12.6. The average molecular weight is 350 g/mol. The van der Waals surface area contributed by atoms with Crippen molar-refractivity contribution in [3.05, 3.63) is 18.0 Å². The van der Waals surface area contributed by atoms with Gasteiger partial charge in [0.1, 0.15) is 6.26 Å². The number of aromatic nitrogens is 1. The molecule has 8 heteroatoms. The fourth-order valence-electron chi connectivity index (χ4n) is 3.79. The molecule has 1 aromatic rings. The number of carbonyl (C=O) groups is 2. The van der Waals surface area contributed by atoms with Crippen LogP contribution in [-0.2, 0) is 9.53 Å². The molecule has 2 aliphatic rings. The van der Waals surface area contributed by atoms with E-state index in [2.05, 4.69) is 17.1 Å². The average Bonchev–Trinajstić information content (AvgIpc) is 3.10. The van der Waals surface area contributed by atoms with Gasteiger partial charge < -0.3 is 19.1 Å². The number of hydrogen-bond donors (Lipinski definition) is 0. The van der Waals surface area contributed by atoms with E-state index in [1.165, 1.54) is 6.26 Å². The summed E-state index contributed by atoms with van der Waals surface area (Å²) < 4.78 is 9.91. The first-order chi connectivity index (χ1) is 12.1. The Bertz CT molecular complexity index is 606. The first kappa shape index (κ1) is 17.9. The fraction of sp³-hybridized carbons (Fsp3) is 0.706. The van der Waals surface area contributed by atoms with Gasteiger partial charge in [-0.2, -0.15) is 0 Å². The number of hydrogen-bond acceptors (Lipinski definition) is 6. The van der Waals surface area contributed by atoms with Crippen LogP contribution in [0.25, 0.3) is 0 Å². The molecule has 1 atom stereocenters. The molecule has 0 saturated carbocycles. The van der Waals surface area contributed by atoms with Gasteiger partial charge in [-0.05, 0) is 19.9 Å². The lowest BCUT2D eigenvalue weighted by molar-refractivity contribution is -0.131. The van der Waals surface area contributed by atoms with E-state index in [1.807, 2.05) is 9.80 Å². The molecule has 2 saturated heterocycles. The highest BCUT2D eigenvalue weighted by Gasteiger charge is 2.43. The van der Waals surface area contributed by atoms with Gasteiger partial charge in [0.15, 0.2) is 5.69 Å². The van der Waals surface area contributed by atoms with E-state index >= 15 is 0 Å². The molecule has 8 nitrogen and oxygen atoms in total. The number of piperazine rings is 1. The second-order valence-electron chi connectivity index (χ2n) is 6.88. The van der Waals surface area contributed by atoms with Crippen molar-refractivity contribution in [1.82, 2.24) is 19.9 Å². The highest BCUT2D eigenvalue weighted by molar-refractivity contribution is 5.92. The van der Waals surface area contributed by atoms with Crippen molar-refractivity contribution in [3.63, 3.8) is 0 Å². The smallest absolute Gasteiger partial charge is 0.276 e. The zero-order chi connectivity index (χ0) is 17.9. The monoisotopic (exact) mass is 350 g/mol. The molecule has 3 heterocycles. The van der Waals surface area contributed by atoms with Crippen LogP contribution in [0.5, 0.6) is 0 Å². The van der Waals surface area contributed by atoms with E-state index in [0.29, 0.717) is 44.9 Å². The number of carbonyl (C=O) groups excluding carboxylic acids is 2. The third-order valence-corrected chi connectivity index (χ3v) is 5.51. The maximum Gasteiger partial charge on any atom is 0.276 e. The molecule has 2 amide bonds. The molecule has 25 heavy (non-hydrogen) atoms. The standard InChI is InChI=1S/C17H26N4O4/c1-19-8-9-21(16(23)14-4-11-25-18-14)13-17(19)5-3-15(22)20(7-6-17)10-12-24-2/h4,11H,3,5-10,12-13H2,1-2H3/t17-/m0/s1.